The number of carboxylic acid groups (broad SMARTS) is 1. The average molecular weight is 294 g/mol. The molecular weight excluding hydrogens is 276 g/mol. The van der Waals surface area contributed by atoms with E-state index >= 15 is 0 Å². The second kappa shape index (κ2) is 7.03. The highest BCUT2D eigenvalue weighted by atomic mass is 16.6. The Morgan fingerprint density at radius 3 is 2.67 bits per heavy atom. The number of nitrogens with zero attached hydrogens (tertiary/aromatic N) is 2. The predicted octanol–water partition coefficient (Wildman–Crippen LogP) is 2.16. The molecule has 0 amide bonds. The molecule has 114 valence electrons. The third-order valence-electron chi connectivity index (χ3n) is 3.52. The van der Waals surface area contributed by atoms with Crippen LogP contribution in [0.5, 0.6) is 5.75 Å². The van der Waals surface area contributed by atoms with Crippen molar-refractivity contribution in [2.45, 2.75) is 19.3 Å². The van der Waals surface area contributed by atoms with E-state index < -0.39 is 10.9 Å². The summed E-state index contributed by atoms with van der Waals surface area (Å²) in [7, 11) is 0. The summed E-state index contributed by atoms with van der Waals surface area (Å²) in [4.78, 5) is 23.5. The van der Waals surface area contributed by atoms with Crippen LogP contribution in [-0.2, 0) is 0 Å². The fraction of sp³-hybridized carbons (Fsp3) is 0.500. The lowest BCUT2D eigenvalue weighted by Gasteiger charge is -2.26. The van der Waals surface area contributed by atoms with E-state index in [0.29, 0.717) is 13.2 Å². The zero-order chi connectivity index (χ0) is 15.2. The quantitative estimate of drug-likeness (QED) is 0.638. The van der Waals surface area contributed by atoms with E-state index in [4.69, 9.17) is 9.84 Å². The van der Waals surface area contributed by atoms with Crippen molar-refractivity contribution in [3.63, 3.8) is 0 Å². The molecule has 1 aliphatic rings. The van der Waals surface area contributed by atoms with E-state index in [1.165, 1.54) is 24.6 Å². The van der Waals surface area contributed by atoms with Gasteiger partial charge in [-0.2, -0.15) is 0 Å². The summed E-state index contributed by atoms with van der Waals surface area (Å²) in [5.74, 6) is -1.11. The van der Waals surface area contributed by atoms with Crippen LogP contribution in [0.2, 0.25) is 0 Å². The summed E-state index contributed by atoms with van der Waals surface area (Å²) in [5.41, 5.74) is -0.229. The zero-order valence-electron chi connectivity index (χ0n) is 11.7. The maximum atomic E-state index is 11.1. The molecule has 2 rings (SSSR count). The number of rotatable bonds is 6. The molecule has 0 saturated carbocycles. The van der Waals surface area contributed by atoms with Crippen LogP contribution in [0.4, 0.5) is 5.69 Å². The number of hydrogen-bond donors (Lipinski definition) is 1. The number of aromatic carboxylic acids is 1. The molecule has 0 spiro atoms. The smallest absolute Gasteiger partial charge is 0.339 e. The van der Waals surface area contributed by atoms with Gasteiger partial charge in [0.1, 0.15) is 17.9 Å². The number of carboxylic acids is 1. The first kappa shape index (κ1) is 15.2. The fourth-order valence-corrected chi connectivity index (χ4v) is 2.39. The first-order valence-electron chi connectivity index (χ1n) is 6.95. The number of nitro benzene ring substituents is 1. The predicted molar refractivity (Wildman–Crippen MR) is 75.8 cm³/mol. The average Bonchev–Trinajstić information content (AvgIpc) is 2.48. The van der Waals surface area contributed by atoms with Crippen LogP contribution in [0.15, 0.2) is 18.2 Å². The van der Waals surface area contributed by atoms with Gasteiger partial charge in [-0.15, -0.1) is 0 Å². The van der Waals surface area contributed by atoms with Gasteiger partial charge in [0.2, 0.25) is 0 Å². The molecule has 1 saturated heterocycles. The van der Waals surface area contributed by atoms with Crippen LogP contribution < -0.4 is 4.74 Å². The first-order chi connectivity index (χ1) is 10.1. The highest BCUT2D eigenvalue weighted by Gasteiger charge is 2.17. The normalized spacial score (nSPS) is 15.6. The molecule has 1 aliphatic heterocycles. The number of likely N-dealkylation sites (tertiary alicyclic amines) is 1. The maximum absolute atomic E-state index is 11.1. The van der Waals surface area contributed by atoms with Gasteiger partial charge >= 0.3 is 5.97 Å². The highest BCUT2D eigenvalue weighted by molar-refractivity contribution is 5.91. The van der Waals surface area contributed by atoms with Crippen LogP contribution >= 0.6 is 0 Å². The number of non-ortho nitro benzene ring substituents is 1. The Bertz CT molecular complexity index is 526. The molecule has 0 atom stereocenters. The molecule has 1 aromatic carbocycles. The van der Waals surface area contributed by atoms with E-state index in [1.807, 2.05) is 0 Å². The van der Waals surface area contributed by atoms with Crippen molar-refractivity contribution in [2.24, 2.45) is 0 Å². The Labute approximate surface area is 122 Å². The van der Waals surface area contributed by atoms with Gasteiger partial charge in [-0.25, -0.2) is 4.79 Å². The van der Waals surface area contributed by atoms with Gasteiger partial charge in [-0.3, -0.25) is 15.0 Å². The minimum atomic E-state index is -1.15. The molecule has 7 heteroatoms. The molecule has 0 aliphatic carbocycles. The van der Waals surface area contributed by atoms with Crippen molar-refractivity contribution >= 4 is 11.7 Å². The Balaban J connectivity index is 2.00. The lowest BCUT2D eigenvalue weighted by Crippen LogP contribution is -2.33. The van der Waals surface area contributed by atoms with Gasteiger partial charge in [0.25, 0.3) is 5.69 Å². The lowest BCUT2D eigenvalue weighted by atomic mass is 10.1. The Kier molecular flexibility index (Phi) is 5.10. The monoisotopic (exact) mass is 294 g/mol. The van der Waals surface area contributed by atoms with Crippen LogP contribution in [0, 0.1) is 10.1 Å². The van der Waals surface area contributed by atoms with Gasteiger partial charge in [-0.05, 0) is 32.0 Å². The Morgan fingerprint density at radius 1 is 1.33 bits per heavy atom. The molecule has 0 radical (unpaired) electrons. The van der Waals surface area contributed by atoms with Crippen molar-refractivity contribution in [2.75, 3.05) is 26.2 Å². The largest absolute Gasteiger partial charge is 0.491 e. The molecule has 0 unspecified atom stereocenters. The molecule has 1 aromatic rings. The summed E-state index contributed by atoms with van der Waals surface area (Å²) in [6, 6.07) is 3.54. The van der Waals surface area contributed by atoms with Gasteiger partial charge in [-0.1, -0.05) is 6.42 Å². The van der Waals surface area contributed by atoms with Crippen molar-refractivity contribution in [3.8, 4) is 5.75 Å². The second-order valence-electron chi connectivity index (χ2n) is 4.99. The fourth-order valence-electron chi connectivity index (χ4n) is 2.39. The summed E-state index contributed by atoms with van der Waals surface area (Å²) in [6.45, 7) is 3.05. The van der Waals surface area contributed by atoms with E-state index in [1.54, 1.807) is 0 Å². The van der Waals surface area contributed by atoms with E-state index in [0.717, 1.165) is 25.9 Å². The number of ether oxygens (including phenoxy) is 1. The third kappa shape index (κ3) is 4.16. The molecule has 7 nitrogen and oxygen atoms in total. The number of hydrogen-bond acceptors (Lipinski definition) is 5. The number of nitro groups is 1. The first-order valence-corrected chi connectivity index (χ1v) is 6.95. The SMILES string of the molecule is O=C(O)c1ccc([N+](=O)[O-])cc1OCCN1CCCCC1. The van der Waals surface area contributed by atoms with Crippen molar-refractivity contribution in [3.05, 3.63) is 33.9 Å². The van der Waals surface area contributed by atoms with Gasteiger partial charge < -0.3 is 9.84 Å². The number of benzene rings is 1. The van der Waals surface area contributed by atoms with Crippen molar-refractivity contribution in [1.82, 2.24) is 4.90 Å². The summed E-state index contributed by atoms with van der Waals surface area (Å²) in [5, 5.41) is 19.8. The summed E-state index contributed by atoms with van der Waals surface area (Å²) >= 11 is 0. The molecule has 1 N–H and O–H groups in total. The van der Waals surface area contributed by atoms with Crippen molar-refractivity contribution < 1.29 is 19.6 Å². The number of piperidine rings is 1. The molecule has 1 heterocycles. The van der Waals surface area contributed by atoms with Gasteiger partial charge in [0.15, 0.2) is 0 Å². The Morgan fingerprint density at radius 2 is 2.05 bits per heavy atom. The highest BCUT2D eigenvalue weighted by Crippen LogP contribution is 2.25. The van der Waals surface area contributed by atoms with Crippen LogP contribution in [0.25, 0.3) is 0 Å². The summed E-state index contributed by atoms with van der Waals surface area (Å²) in [6.07, 6.45) is 3.57. The van der Waals surface area contributed by atoms with E-state index in [2.05, 4.69) is 4.90 Å². The third-order valence-corrected chi connectivity index (χ3v) is 3.52. The molecule has 21 heavy (non-hydrogen) atoms. The summed E-state index contributed by atoms with van der Waals surface area (Å²) < 4.78 is 5.47. The second-order valence-corrected chi connectivity index (χ2v) is 4.99. The molecule has 0 aromatic heterocycles. The molecular formula is C14H18N2O5. The minimum absolute atomic E-state index is 0.0497. The van der Waals surface area contributed by atoms with E-state index in [-0.39, 0.29) is 17.0 Å². The molecule has 0 bridgehead atoms. The topological polar surface area (TPSA) is 92.9 Å². The van der Waals surface area contributed by atoms with Gasteiger partial charge in [0.05, 0.1) is 11.0 Å². The van der Waals surface area contributed by atoms with Crippen LogP contribution in [0.1, 0.15) is 29.6 Å². The van der Waals surface area contributed by atoms with Gasteiger partial charge in [0, 0.05) is 12.6 Å². The number of carbonyl (C=O) groups is 1. The lowest BCUT2D eigenvalue weighted by molar-refractivity contribution is -0.384. The van der Waals surface area contributed by atoms with Crippen molar-refractivity contribution in [1.29, 1.82) is 0 Å². The van der Waals surface area contributed by atoms with Crippen LogP contribution in [0.3, 0.4) is 0 Å². The molecule has 1 fully saturated rings. The minimum Gasteiger partial charge on any atom is -0.491 e. The van der Waals surface area contributed by atoms with Crippen LogP contribution in [-0.4, -0.2) is 47.1 Å². The maximum Gasteiger partial charge on any atom is 0.339 e. The van der Waals surface area contributed by atoms with E-state index in [9.17, 15) is 14.9 Å². The zero-order valence-corrected chi connectivity index (χ0v) is 11.7. The Hall–Kier alpha value is -2.15. The standard InChI is InChI=1S/C14H18N2O5/c17-14(18)12-5-4-11(16(19)20)10-13(12)21-9-8-15-6-2-1-3-7-15/h4-5,10H,1-3,6-9H2,(H,17,18).